The van der Waals surface area contributed by atoms with E-state index in [9.17, 15) is 0 Å². The van der Waals surface area contributed by atoms with Crippen molar-refractivity contribution in [2.45, 2.75) is 26.4 Å². The van der Waals surface area contributed by atoms with E-state index >= 15 is 0 Å². The molecule has 0 aromatic heterocycles. The van der Waals surface area contributed by atoms with Crippen LogP contribution in [-0.2, 0) is 0 Å². The third kappa shape index (κ3) is 2.53. The zero-order valence-corrected chi connectivity index (χ0v) is 6.15. The Hall–Kier alpha value is 0.250. The third-order valence-corrected chi connectivity index (χ3v) is 1.78. The summed E-state index contributed by atoms with van der Waals surface area (Å²) in [6.45, 7) is 4.04. The van der Waals surface area contributed by atoms with Crippen molar-refractivity contribution in [1.82, 2.24) is 0 Å². The number of aliphatic hydroxyl groups excluding tert-OH is 1. The maximum absolute atomic E-state index is 8.99. The number of alkyl halides is 1. The highest BCUT2D eigenvalue weighted by molar-refractivity contribution is 6.18. The fraction of sp³-hybridized carbons (Fsp3) is 1.00. The van der Waals surface area contributed by atoms with Gasteiger partial charge >= 0.3 is 0 Å². The Morgan fingerprint density at radius 1 is 1.62 bits per heavy atom. The summed E-state index contributed by atoms with van der Waals surface area (Å²) in [4.78, 5) is 0. The summed E-state index contributed by atoms with van der Waals surface area (Å²) in [6.07, 6.45) is 0.676. The summed E-state index contributed by atoms with van der Waals surface area (Å²) in [5.74, 6) is 0.696. The molecule has 0 amide bonds. The Bertz CT molecular complexity index is 48.5. The molecule has 0 heterocycles. The van der Waals surface area contributed by atoms with E-state index in [4.69, 9.17) is 16.7 Å². The Balaban J connectivity index is 3.29. The third-order valence-electron chi connectivity index (χ3n) is 1.46. The molecule has 0 aliphatic carbocycles. The van der Waals surface area contributed by atoms with Gasteiger partial charge in [-0.1, -0.05) is 20.3 Å². The van der Waals surface area contributed by atoms with Crippen LogP contribution in [0.25, 0.3) is 0 Å². The molecule has 1 N–H and O–H groups in total. The van der Waals surface area contributed by atoms with Crippen molar-refractivity contribution < 1.29 is 5.11 Å². The monoisotopic (exact) mass is 136 g/mol. The molecule has 2 heteroatoms. The highest BCUT2D eigenvalue weighted by atomic mass is 35.5. The molecule has 2 unspecified atom stereocenters. The second-order valence-corrected chi connectivity index (χ2v) is 2.42. The van der Waals surface area contributed by atoms with Crippen molar-refractivity contribution in [3.8, 4) is 0 Å². The van der Waals surface area contributed by atoms with Gasteiger partial charge in [0.15, 0.2) is 0 Å². The lowest BCUT2D eigenvalue weighted by Crippen LogP contribution is -2.17. The minimum atomic E-state index is -0.318. The maximum Gasteiger partial charge on any atom is 0.0700 e. The van der Waals surface area contributed by atoms with Crippen LogP contribution in [0.4, 0.5) is 0 Å². The first-order chi connectivity index (χ1) is 3.72. The first-order valence-electron chi connectivity index (χ1n) is 2.96. The van der Waals surface area contributed by atoms with E-state index in [0.717, 1.165) is 6.42 Å². The van der Waals surface area contributed by atoms with Crippen LogP contribution in [0, 0.1) is 5.92 Å². The van der Waals surface area contributed by atoms with Gasteiger partial charge in [0, 0.05) is 5.88 Å². The molecule has 0 spiro atoms. The second kappa shape index (κ2) is 4.16. The van der Waals surface area contributed by atoms with Crippen molar-refractivity contribution in [3.63, 3.8) is 0 Å². The van der Waals surface area contributed by atoms with Crippen LogP contribution in [0.1, 0.15) is 20.3 Å². The summed E-state index contributed by atoms with van der Waals surface area (Å²) in [5, 5.41) is 8.99. The first kappa shape index (κ1) is 8.25. The van der Waals surface area contributed by atoms with Crippen molar-refractivity contribution in [2.24, 2.45) is 5.92 Å². The fourth-order valence-electron chi connectivity index (χ4n) is 0.424. The zero-order valence-electron chi connectivity index (χ0n) is 5.39. The molecule has 2 atom stereocenters. The number of aliphatic hydroxyl groups is 1. The Labute approximate surface area is 55.7 Å². The molecule has 0 aliphatic rings. The number of hydrogen-bond acceptors (Lipinski definition) is 1. The highest BCUT2D eigenvalue weighted by Crippen LogP contribution is 2.07. The molecule has 0 radical (unpaired) electrons. The van der Waals surface area contributed by atoms with Gasteiger partial charge in [-0.3, -0.25) is 0 Å². The van der Waals surface area contributed by atoms with Gasteiger partial charge in [-0.2, -0.15) is 0 Å². The van der Waals surface area contributed by atoms with Crippen molar-refractivity contribution in [2.75, 3.05) is 5.88 Å². The lowest BCUT2D eigenvalue weighted by Gasteiger charge is -2.12. The molecule has 0 bridgehead atoms. The normalized spacial score (nSPS) is 18.0. The van der Waals surface area contributed by atoms with E-state index in [0.29, 0.717) is 11.8 Å². The van der Waals surface area contributed by atoms with Gasteiger partial charge in [-0.25, -0.2) is 0 Å². The van der Waals surface area contributed by atoms with Crippen LogP contribution >= 0.6 is 11.6 Å². The lowest BCUT2D eigenvalue weighted by molar-refractivity contribution is 0.136. The molecular weight excluding hydrogens is 124 g/mol. The van der Waals surface area contributed by atoms with Gasteiger partial charge in [0.25, 0.3) is 0 Å². The molecular formula is C6H13ClO. The average molecular weight is 137 g/mol. The summed E-state index contributed by atoms with van der Waals surface area (Å²) in [6, 6.07) is 0. The number of halogens is 1. The van der Waals surface area contributed by atoms with Crippen LogP contribution < -0.4 is 0 Å². The summed E-state index contributed by atoms with van der Waals surface area (Å²) < 4.78 is 0. The highest BCUT2D eigenvalue weighted by Gasteiger charge is 2.08. The van der Waals surface area contributed by atoms with Gasteiger partial charge in [0.05, 0.1) is 6.10 Å². The first-order valence-corrected chi connectivity index (χ1v) is 3.49. The molecule has 0 aromatic carbocycles. The zero-order chi connectivity index (χ0) is 6.57. The number of hydrogen-bond donors (Lipinski definition) is 1. The fourth-order valence-corrected chi connectivity index (χ4v) is 0.728. The van der Waals surface area contributed by atoms with Gasteiger partial charge in [-0.15, -0.1) is 11.6 Å². The Morgan fingerprint density at radius 3 is 2.25 bits per heavy atom. The van der Waals surface area contributed by atoms with Gasteiger partial charge in [0.1, 0.15) is 0 Å². The molecule has 8 heavy (non-hydrogen) atoms. The van der Waals surface area contributed by atoms with Gasteiger partial charge in [-0.05, 0) is 5.92 Å². The van der Waals surface area contributed by atoms with Crippen LogP contribution in [0.3, 0.4) is 0 Å². The summed E-state index contributed by atoms with van der Waals surface area (Å²) >= 11 is 5.38. The van der Waals surface area contributed by atoms with E-state index in [1.165, 1.54) is 0 Å². The van der Waals surface area contributed by atoms with Crippen molar-refractivity contribution in [1.29, 1.82) is 0 Å². The largest absolute Gasteiger partial charge is 0.392 e. The molecule has 50 valence electrons. The van der Waals surface area contributed by atoms with Crippen LogP contribution in [0.15, 0.2) is 0 Å². The van der Waals surface area contributed by atoms with Crippen LogP contribution in [0.5, 0.6) is 0 Å². The van der Waals surface area contributed by atoms with Crippen molar-refractivity contribution in [3.05, 3.63) is 0 Å². The topological polar surface area (TPSA) is 20.2 Å². The van der Waals surface area contributed by atoms with Crippen LogP contribution in [-0.4, -0.2) is 17.1 Å². The van der Waals surface area contributed by atoms with E-state index in [-0.39, 0.29) is 6.10 Å². The van der Waals surface area contributed by atoms with Crippen LogP contribution in [0.2, 0.25) is 0 Å². The molecule has 0 aliphatic heterocycles. The molecule has 0 aromatic rings. The standard InChI is InChI=1S/C6H13ClO/c1-3-5(2)6(8)4-7/h5-6,8H,3-4H2,1-2H3. The number of rotatable bonds is 3. The molecule has 0 saturated heterocycles. The minimum absolute atomic E-state index is 0.318. The predicted octanol–water partition coefficient (Wildman–Crippen LogP) is 1.63. The lowest BCUT2D eigenvalue weighted by atomic mass is 10.0. The molecule has 0 rings (SSSR count). The second-order valence-electron chi connectivity index (χ2n) is 2.11. The average Bonchev–Trinajstić information content (AvgIpc) is 1.84. The Kier molecular flexibility index (Phi) is 4.29. The maximum atomic E-state index is 8.99. The van der Waals surface area contributed by atoms with Gasteiger partial charge in [0.2, 0.25) is 0 Å². The van der Waals surface area contributed by atoms with Crippen molar-refractivity contribution >= 4 is 11.6 Å². The van der Waals surface area contributed by atoms with Gasteiger partial charge < -0.3 is 5.11 Å². The van der Waals surface area contributed by atoms with E-state index in [2.05, 4.69) is 0 Å². The molecule has 0 fully saturated rings. The summed E-state index contributed by atoms with van der Waals surface area (Å²) in [7, 11) is 0. The smallest absolute Gasteiger partial charge is 0.0700 e. The predicted molar refractivity (Wildman–Crippen MR) is 36.2 cm³/mol. The van der Waals surface area contributed by atoms with E-state index in [1.54, 1.807) is 0 Å². The SMILES string of the molecule is CCC(C)C(O)CCl. The summed E-state index contributed by atoms with van der Waals surface area (Å²) in [5.41, 5.74) is 0. The Morgan fingerprint density at radius 2 is 2.12 bits per heavy atom. The minimum Gasteiger partial charge on any atom is -0.392 e. The van der Waals surface area contributed by atoms with E-state index in [1.807, 2.05) is 13.8 Å². The van der Waals surface area contributed by atoms with E-state index < -0.39 is 0 Å². The quantitative estimate of drug-likeness (QED) is 0.585. The molecule has 0 saturated carbocycles. The molecule has 1 nitrogen and oxygen atoms in total.